The van der Waals surface area contributed by atoms with Gasteiger partial charge in [0.2, 0.25) is 0 Å². The summed E-state index contributed by atoms with van der Waals surface area (Å²) in [5, 5.41) is 26.4. The summed E-state index contributed by atoms with van der Waals surface area (Å²) in [4.78, 5) is 13.4. The fourth-order valence-electron chi connectivity index (χ4n) is 9.52. The molecule has 0 amide bonds. The van der Waals surface area contributed by atoms with Gasteiger partial charge in [0.15, 0.2) is 17.2 Å². The van der Waals surface area contributed by atoms with Crippen molar-refractivity contribution in [3.05, 3.63) is 23.0 Å². The Morgan fingerprint density at radius 1 is 1.24 bits per heavy atom. The van der Waals surface area contributed by atoms with Crippen molar-refractivity contribution in [2.75, 3.05) is 6.61 Å². The highest BCUT2D eigenvalue weighted by molar-refractivity contribution is 5.91. The molecule has 8 atom stereocenters. The SMILES string of the molecule is CCCCCn1ncc2c1C=C1CC[C@H]3[C@@H]4C[C@H]5OC(C)(C)O[C@@]5(C(=O)CO)[C@@]4(C)C[C@H](O)[C@]3(F)[C@@]1(C)C2. The number of carbonyl (C=O) groups is 1. The van der Waals surface area contributed by atoms with Crippen LogP contribution in [0.25, 0.3) is 6.08 Å². The zero-order valence-electron chi connectivity index (χ0n) is 23.4. The number of nitrogens with zero attached hydrogens (tertiary/aromatic N) is 2. The van der Waals surface area contributed by atoms with Gasteiger partial charge in [0.1, 0.15) is 12.3 Å². The molecule has 3 saturated carbocycles. The first-order chi connectivity index (χ1) is 17.9. The predicted octanol–water partition coefficient (Wildman–Crippen LogP) is 4.38. The summed E-state index contributed by atoms with van der Waals surface area (Å²) in [5.41, 5.74) is -1.81. The first kappa shape index (κ1) is 26.6. The van der Waals surface area contributed by atoms with Gasteiger partial charge in [-0.2, -0.15) is 5.10 Å². The highest BCUT2D eigenvalue weighted by Crippen LogP contribution is 2.72. The third kappa shape index (κ3) is 3.15. The molecule has 1 saturated heterocycles. The third-order valence-electron chi connectivity index (χ3n) is 11.2. The Morgan fingerprint density at radius 2 is 2.00 bits per heavy atom. The first-order valence-electron chi connectivity index (χ1n) is 14.5. The molecule has 210 valence electrons. The Kier molecular flexibility index (Phi) is 5.91. The topological polar surface area (TPSA) is 93.8 Å². The molecule has 7 nitrogen and oxygen atoms in total. The van der Waals surface area contributed by atoms with E-state index in [0.29, 0.717) is 19.3 Å². The van der Waals surface area contributed by atoms with Crippen LogP contribution in [0.15, 0.2) is 11.8 Å². The summed E-state index contributed by atoms with van der Waals surface area (Å²) in [6.45, 7) is 9.85. The summed E-state index contributed by atoms with van der Waals surface area (Å²) in [6, 6.07) is 0. The number of alkyl halides is 1. The number of Topliss-reactive ketones (excluding diaryl/α,β-unsaturated/α-hetero) is 1. The number of aliphatic hydroxyl groups excluding tert-OH is 2. The Balaban J connectivity index is 1.38. The van der Waals surface area contributed by atoms with Crippen LogP contribution in [0.2, 0.25) is 0 Å². The molecular weight excluding hydrogens is 487 g/mol. The lowest BCUT2D eigenvalue weighted by Gasteiger charge is -2.63. The van der Waals surface area contributed by atoms with Gasteiger partial charge in [-0.1, -0.05) is 39.2 Å². The van der Waals surface area contributed by atoms with Crippen LogP contribution in [0.4, 0.5) is 4.39 Å². The van der Waals surface area contributed by atoms with Gasteiger partial charge >= 0.3 is 0 Å². The Hall–Kier alpha value is -1.61. The molecule has 1 aliphatic heterocycles. The minimum atomic E-state index is -1.86. The third-order valence-corrected chi connectivity index (χ3v) is 11.2. The molecule has 0 radical (unpaired) electrons. The maximum atomic E-state index is 17.9. The van der Waals surface area contributed by atoms with Crippen molar-refractivity contribution in [1.82, 2.24) is 9.78 Å². The second-order valence-electron chi connectivity index (χ2n) is 13.5. The quantitative estimate of drug-likeness (QED) is 0.531. The number of fused-ring (bicyclic) bond motifs is 8. The number of hydrogen-bond donors (Lipinski definition) is 2. The van der Waals surface area contributed by atoms with Crippen molar-refractivity contribution in [1.29, 1.82) is 0 Å². The van der Waals surface area contributed by atoms with Crippen molar-refractivity contribution in [2.45, 2.75) is 122 Å². The fourth-order valence-corrected chi connectivity index (χ4v) is 9.52. The van der Waals surface area contributed by atoms with E-state index >= 15 is 4.39 Å². The van der Waals surface area contributed by atoms with E-state index in [1.807, 2.05) is 20.0 Å². The number of aliphatic hydroxyl groups is 2. The first-order valence-corrected chi connectivity index (χ1v) is 14.5. The molecule has 5 aliphatic rings. The van der Waals surface area contributed by atoms with Crippen molar-refractivity contribution in [2.24, 2.45) is 22.7 Å². The molecular formula is C30H43FN2O5. The lowest BCUT2D eigenvalue weighted by atomic mass is 9.43. The number of hydrogen-bond acceptors (Lipinski definition) is 6. The molecule has 0 unspecified atom stereocenters. The largest absolute Gasteiger partial charge is 0.390 e. The van der Waals surface area contributed by atoms with Crippen molar-refractivity contribution >= 4 is 11.9 Å². The predicted molar refractivity (Wildman–Crippen MR) is 140 cm³/mol. The summed E-state index contributed by atoms with van der Waals surface area (Å²) < 4.78 is 32.6. The van der Waals surface area contributed by atoms with Crippen molar-refractivity contribution in [3.63, 3.8) is 0 Å². The Morgan fingerprint density at radius 3 is 2.71 bits per heavy atom. The van der Waals surface area contributed by atoms with Crippen LogP contribution in [-0.2, 0) is 27.2 Å². The standard InChI is InChI=1S/C30H43FN2O5/c1-6-7-8-11-33-22-12-19-9-10-20-21-13-25-30(24(36)17-34,38-26(2,3)37-25)28(21,5)15-23(35)29(20,31)27(19,4)14-18(22)16-32-33/h12,16,20-21,23,25,34-35H,6-11,13-15,17H2,1-5H3/t20-,21-,23-,25+,27-,28-,29-,30+/m0/s1. The van der Waals surface area contributed by atoms with E-state index in [4.69, 9.17) is 9.47 Å². The van der Waals surface area contributed by atoms with Gasteiger partial charge in [0.25, 0.3) is 0 Å². The lowest BCUT2D eigenvalue weighted by molar-refractivity contribution is -0.250. The van der Waals surface area contributed by atoms with Crippen LogP contribution in [-0.4, -0.2) is 61.6 Å². The second-order valence-corrected chi connectivity index (χ2v) is 13.5. The number of carbonyl (C=O) groups excluding carboxylic acids is 1. The molecule has 4 fully saturated rings. The van der Waals surface area contributed by atoms with Gasteiger partial charge in [-0.15, -0.1) is 0 Å². The zero-order valence-corrected chi connectivity index (χ0v) is 23.4. The maximum absolute atomic E-state index is 17.9. The van der Waals surface area contributed by atoms with E-state index in [1.54, 1.807) is 13.8 Å². The normalized spacial score (nSPS) is 44.5. The maximum Gasteiger partial charge on any atom is 0.193 e. The summed E-state index contributed by atoms with van der Waals surface area (Å²) >= 11 is 0. The van der Waals surface area contributed by atoms with Crippen LogP contribution in [0, 0.1) is 22.7 Å². The molecule has 2 N–H and O–H groups in total. The molecule has 2 heterocycles. The number of aromatic nitrogens is 2. The van der Waals surface area contributed by atoms with E-state index < -0.39 is 58.4 Å². The average molecular weight is 531 g/mol. The smallest absolute Gasteiger partial charge is 0.193 e. The van der Waals surface area contributed by atoms with Gasteiger partial charge in [0, 0.05) is 23.3 Å². The zero-order chi connectivity index (χ0) is 27.3. The van der Waals surface area contributed by atoms with E-state index in [2.05, 4.69) is 22.8 Å². The second kappa shape index (κ2) is 8.45. The lowest BCUT2D eigenvalue weighted by Crippen LogP contribution is -2.70. The highest BCUT2D eigenvalue weighted by atomic mass is 19.1. The van der Waals surface area contributed by atoms with E-state index in [1.165, 1.54) is 0 Å². The number of ketones is 1. The molecule has 0 spiro atoms. The van der Waals surface area contributed by atoms with Gasteiger partial charge < -0.3 is 19.7 Å². The summed E-state index contributed by atoms with van der Waals surface area (Å²) in [5.74, 6) is -2.10. The number of unbranched alkanes of at least 4 members (excludes halogenated alkanes) is 2. The summed E-state index contributed by atoms with van der Waals surface area (Å²) in [6.07, 6.45) is 7.91. The molecule has 4 aliphatic carbocycles. The van der Waals surface area contributed by atoms with Crippen LogP contribution < -0.4 is 0 Å². The Labute approximate surface area is 224 Å². The summed E-state index contributed by atoms with van der Waals surface area (Å²) in [7, 11) is 0. The van der Waals surface area contributed by atoms with E-state index in [0.717, 1.165) is 49.1 Å². The number of allylic oxidation sites excluding steroid dienone is 1. The van der Waals surface area contributed by atoms with E-state index in [9.17, 15) is 15.0 Å². The number of rotatable bonds is 6. The molecule has 1 aromatic heterocycles. The molecule has 0 bridgehead atoms. The van der Waals surface area contributed by atoms with Crippen LogP contribution in [0.3, 0.4) is 0 Å². The van der Waals surface area contributed by atoms with Gasteiger partial charge in [0.05, 0.1) is 24.1 Å². The fraction of sp³-hybridized carbons (Fsp3) is 0.800. The van der Waals surface area contributed by atoms with Crippen LogP contribution in [0.1, 0.15) is 90.8 Å². The molecule has 8 heteroatoms. The van der Waals surface area contributed by atoms with Crippen LogP contribution >= 0.6 is 0 Å². The molecule has 0 aromatic carbocycles. The monoisotopic (exact) mass is 530 g/mol. The minimum Gasteiger partial charge on any atom is -0.390 e. The Bertz CT molecular complexity index is 1180. The molecule has 1 aromatic rings. The average Bonchev–Trinajstić information content (AvgIpc) is 3.44. The minimum absolute atomic E-state index is 0.0817. The van der Waals surface area contributed by atoms with Crippen molar-refractivity contribution in [3.8, 4) is 0 Å². The van der Waals surface area contributed by atoms with Gasteiger partial charge in [-0.25, -0.2) is 4.39 Å². The number of halogens is 1. The van der Waals surface area contributed by atoms with Gasteiger partial charge in [-0.3, -0.25) is 9.48 Å². The highest BCUT2D eigenvalue weighted by Gasteiger charge is 2.80. The van der Waals surface area contributed by atoms with Gasteiger partial charge in [-0.05, 0) is 69.9 Å². The number of aryl methyl sites for hydroxylation is 1. The molecule has 38 heavy (non-hydrogen) atoms. The van der Waals surface area contributed by atoms with E-state index in [-0.39, 0.29) is 12.3 Å². The molecule has 6 rings (SSSR count). The van der Waals surface area contributed by atoms with Crippen LogP contribution in [0.5, 0.6) is 0 Å². The van der Waals surface area contributed by atoms with Crippen molar-refractivity contribution < 1.29 is 28.9 Å². The number of ether oxygens (including phenoxy) is 2.